The lowest BCUT2D eigenvalue weighted by molar-refractivity contribution is 0.0696. The number of benzene rings is 1. The van der Waals surface area contributed by atoms with Crippen LogP contribution in [-0.4, -0.2) is 22.0 Å². The first-order chi connectivity index (χ1) is 9.47. The molecule has 2 N–H and O–H groups in total. The highest BCUT2D eigenvalue weighted by atomic mass is 79.9. The number of aromatic nitrogens is 1. The number of anilines is 1. The van der Waals surface area contributed by atoms with Crippen molar-refractivity contribution in [1.29, 1.82) is 0 Å². The predicted molar refractivity (Wildman–Crippen MR) is 73.2 cm³/mol. The number of carboxylic acid groups (broad SMARTS) is 1. The van der Waals surface area contributed by atoms with Crippen LogP contribution in [-0.2, 0) is 0 Å². The number of aromatic carboxylic acids is 1. The Hall–Kier alpha value is -2.28. The molecule has 0 unspecified atom stereocenters. The summed E-state index contributed by atoms with van der Waals surface area (Å²) in [6.45, 7) is 0. The summed E-state index contributed by atoms with van der Waals surface area (Å²) in [5.74, 6) is -2.31. The second-order valence-electron chi connectivity index (χ2n) is 3.82. The van der Waals surface area contributed by atoms with Crippen LogP contribution in [0.15, 0.2) is 41.0 Å². The number of nitrogens with one attached hydrogen (secondary N) is 1. The molecule has 0 bridgehead atoms. The maximum Gasteiger partial charge on any atom is 0.337 e. The van der Waals surface area contributed by atoms with E-state index in [9.17, 15) is 14.0 Å². The molecule has 20 heavy (non-hydrogen) atoms. The van der Waals surface area contributed by atoms with Gasteiger partial charge in [0.2, 0.25) is 0 Å². The average molecular weight is 339 g/mol. The van der Waals surface area contributed by atoms with Gasteiger partial charge in [0.1, 0.15) is 11.6 Å². The summed E-state index contributed by atoms with van der Waals surface area (Å²) < 4.78 is 14.1. The van der Waals surface area contributed by atoms with Crippen molar-refractivity contribution in [3.8, 4) is 0 Å². The minimum atomic E-state index is -1.12. The molecule has 1 aromatic carbocycles. The monoisotopic (exact) mass is 338 g/mol. The van der Waals surface area contributed by atoms with Crippen LogP contribution in [0.4, 0.5) is 10.2 Å². The molecule has 1 amide bonds. The van der Waals surface area contributed by atoms with E-state index in [1.165, 1.54) is 30.3 Å². The summed E-state index contributed by atoms with van der Waals surface area (Å²) in [6, 6.07) is 6.61. The smallest absolute Gasteiger partial charge is 0.337 e. The van der Waals surface area contributed by atoms with E-state index in [1.807, 2.05) is 0 Å². The molecule has 0 saturated heterocycles. The molecule has 0 aliphatic carbocycles. The fraction of sp³-hybridized carbons (Fsp3) is 0. The van der Waals surface area contributed by atoms with Crippen molar-refractivity contribution in [2.75, 3.05) is 5.32 Å². The molecule has 102 valence electrons. The van der Waals surface area contributed by atoms with Crippen molar-refractivity contribution in [2.24, 2.45) is 0 Å². The van der Waals surface area contributed by atoms with Crippen LogP contribution in [0.2, 0.25) is 0 Å². The topological polar surface area (TPSA) is 79.3 Å². The van der Waals surface area contributed by atoms with Crippen LogP contribution in [0.25, 0.3) is 0 Å². The summed E-state index contributed by atoms with van der Waals surface area (Å²) in [5.41, 5.74) is -0.139. The predicted octanol–water partition coefficient (Wildman–Crippen LogP) is 2.93. The summed E-state index contributed by atoms with van der Waals surface area (Å²) in [4.78, 5) is 26.3. The summed E-state index contributed by atoms with van der Waals surface area (Å²) in [7, 11) is 0. The van der Waals surface area contributed by atoms with E-state index < -0.39 is 17.7 Å². The molecule has 0 saturated carbocycles. The van der Waals surface area contributed by atoms with E-state index in [2.05, 4.69) is 26.2 Å². The standard InChI is InChI=1S/C13H8BrFN2O3/c14-8-2-3-10(15)9(5-8)12(18)17-11-4-1-7(6-16-11)13(19)20/h1-6H,(H,19,20)(H,16,17,18). The van der Waals surface area contributed by atoms with Gasteiger partial charge in [-0.3, -0.25) is 4.79 Å². The number of carbonyl (C=O) groups is 2. The van der Waals surface area contributed by atoms with Crippen molar-refractivity contribution < 1.29 is 19.1 Å². The number of hydrogen-bond donors (Lipinski definition) is 2. The van der Waals surface area contributed by atoms with Crippen LogP contribution in [0.3, 0.4) is 0 Å². The number of rotatable bonds is 3. The number of carbonyl (C=O) groups excluding carboxylic acids is 1. The molecular weight excluding hydrogens is 331 g/mol. The summed E-state index contributed by atoms with van der Waals surface area (Å²) >= 11 is 3.15. The van der Waals surface area contributed by atoms with Crippen LogP contribution in [0.1, 0.15) is 20.7 Å². The Balaban J connectivity index is 2.19. The maximum atomic E-state index is 13.5. The molecule has 2 aromatic rings. The Morgan fingerprint density at radius 1 is 1.25 bits per heavy atom. The molecule has 2 rings (SSSR count). The fourth-order valence-electron chi connectivity index (χ4n) is 1.45. The number of amides is 1. The van der Waals surface area contributed by atoms with Crippen molar-refractivity contribution in [3.05, 3.63) is 57.9 Å². The number of pyridine rings is 1. The van der Waals surface area contributed by atoms with Gasteiger partial charge in [-0.15, -0.1) is 0 Å². The van der Waals surface area contributed by atoms with E-state index in [4.69, 9.17) is 5.11 Å². The largest absolute Gasteiger partial charge is 0.478 e. The van der Waals surface area contributed by atoms with E-state index in [1.54, 1.807) is 0 Å². The third-order valence-electron chi connectivity index (χ3n) is 2.43. The Morgan fingerprint density at radius 2 is 2.00 bits per heavy atom. The first kappa shape index (κ1) is 14.1. The lowest BCUT2D eigenvalue weighted by atomic mass is 10.2. The minimum absolute atomic E-state index is 0.00312. The quantitative estimate of drug-likeness (QED) is 0.901. The zero-order valence-electron chi connectivity index (χ0n) is 9.93. The second kappa shape index (κ2) is 5.79. The molecular formula is C13H8BrFN2O3. The molecule has 0 spiro atoms. The fourth-order valence-corrected chi connectivity index (χ4v) is 1.81. The van der Waals surface area contributed by atoms with Gasteiger partial charge in [-0.1, -0.05) is 15.9 Å². The van der Waals surface area contributed by atoms with Gasteiger partial charge < -0.3 is 10.4 Å². The summed E-state index contributed by atoms with van der Waals surface area (Å²) in [6.07, 6.45) is 1.11. The highest BCUT2D eigenvalue weighted by Gasteiger charge is 2.13. The van der Waals surface area contributed by atoms with E-state index in [-0.39, 0.29) is 16.9 Å². The SMILES string of the molecule is O=C(O)c1ccc(NC(=O)c2cc(Br)ccc2F)nc1. The second-order valence-corrected chi connectivity index (χ2v) is 4.73. The van der Waals surface area contributed by atoms with Gasteiger partial charge in [0.15, 0.2) is 0 Å². The Labute approximate surface area is 121 Å². The first-order valence-corrected chi connectivity index (χ1v) is 6.22. The number of hydrogen-bond acceptors (Lipinski definition) is 3. The number of nitrogens with zero attached hydrogens (tertiary/aromatic N) is 1. The van der Waals surface area contributed by atoms with Crippen LogP contribution in [0.5, 0.6) is 0 Å². The van der Waals surface area contributed by atoms with Gasteiger partial charge in [-0.25, -0.2) is 14.2 Å². The average Bonchev–Trinajstić information content (AvgIpc) is 2.42. The highest BCUT2D eigenvalue weighted by molar-refractivity contribution is 9.10. The zero-order chi connectivity index (χ0) is 14.7. The lowest BCUT2D eigenvalue weighted by Crippen LogP contribution is -2.15. The van der Waals surface area contributed by atoms with Crippen LogP contribution >= 0.6 is 15.9 Å². The minimum Gasteiger partial charge on any atom is -0.478 e. The van der Waals surface area contributed by atoms with Crippen molar-refractivity contribution in [2.45, 2.75) is 0 Å². The number of carboxylic acids is 1. The molecule has 1 heterocycles. The van der Waals surface area contributed by atoms with Gasteiger partial charge >= 0.3 is 5.97 Å². The Bertz CT molecular complexity index is 674. The van der Waals surface area contributed by atoms with Crippen LogP contribution in [0, 0.1) is 5.82 Å². The van der Waals surface area contributed by atoms with Crippen LogP contribution < -0.4 is 5.32 Å². The first-order valence-electron chi connectivity index (χ1n) is 5.43. The molecule has 0 atom stereocenters. The van der Waals surface area contributed by atoms with E-state index >= 15 is 0 Å². The van der Waals surface area contributed by atoms with Crippen molar-refractivity contribution >= 4 is 33.6 Å². The number of halogens is 2. The van der Waals surface area contributed by atoms with E-state index in [0.29, 0.717) is 4.47 Å². The zero-order valence-corrected chi connectivity index (χ0v) is 11.5. The molecule has 0 radical (unpaired) electrons. The third kappa shape index (κ3) is 3.18. The molecule has 0 aliphatic heterocycles. The molecule has 0 aliphatic rings. The Kier molecular flexibility index (Phi) is 4.09. The molecule has 7 heteroatoms. The highest BCUT2D eigenvalue weighted by Crippen LogP contribution is 2.17. The Morgan fingerprint density at radius 3 is 2.60 bits per heavy atom. The molecule has 5 nitrogen and oxygen atoms in total. The van der Waals surface area contributed by atoms with E-state index in [0.717, 1.165) is 6.20 Å². The molecule has 0 fully saturated rings. The van der Waals surface area contributed by atoms with Crippen molar-refractivity contribution in [3.63, 3.8) is 0 Å². The van der Waals surface area contributed by atoms with Gasteiger partial charge in [0.25, 0.3) is 5.91 Å². The van der Waals surface area contributed by atoms with Gasteiger partial charge in [-0.05, 0) is 30.3 Å². The van der Waals surface area contributed by atoms with Gasteiger partial charge in [0.05, 0.1) is 11.1 Å². The normalized spacial score (nSPS) is 10.1. The van der Waals surface area contributed by atoms with Crippen molar-refractivity contribution in [1.82, 2.24) is 4.98 Å². The summed E-state index contributed by atoms with van der Waals surface area (Å²) in [5, 5.41) is 11.1. The lowest BCUT2D eigenvalue weighted by Gasteiger charge is -2.06. The van der Waals surface area contributed by atoms with Gasteiger partial charge in [-0.2, -0.15) is 0 Å². The van der Waals surface area contributed by atoms with Gasteiger partial charge in [0, 0.05) is 10.7 Å². The molecule has 1 aromatic heterocycles. The maximum absolute atomic E-state index is 13.5. The third-order valence-corrected chi connectivity index (χ3v) is 2.92.